The third-order valence-electron chi connectivity index (χ3n) is 4.12. The lowest BCUT2D eigenvalue weighted by Crippen LogP contribution is -2.44. The first-order valence-electron chi connectivity index (χ1n) is 7.60. The molecule has 0 saturated carbocycles. The van der Waals surface area contributed by atoms with Crippen molar-refractivity contribution in [2.24, 2.45) is 0 Å². The maximum absolute atomic E-state index is 12.5. The van der Waals surface area contributed by atoms with E-state index in [2.05, 4.69) is 21.2 Å². The lowest BCUT2D eigenvalue weighted by atomic mass is 9.88. The first kappa shape index (κ1) is 16.8. The Balaban J connectivity index is 1.78. The highest BCUT2D eigenvalue weighted by Gasteiger charge is 2.36. The number of nitrogens with one attached hydrogen (secondary N) is 1. The molecule has 1 aliphatic heterocycles. The van der Waals surface area contributed by atoms with Gasteiger partial charge in [-0.2, -0.15) is 0 Å². The second-order valence-electron chi connectivity index (χ2n) is 5.65. The van der Waals surface area contributed by atoms with Crippen molar-refractivity contribution in [1.29, 1.82) is 0 Å². The van der Waals surface area contributed by atoms with Crippen LogP contribution in [0.2, 0.25) is 0 Å². The summed E-state index contributed by atoms with van der Waals surface area (Å²) in [5.41, 5.74) is 0.00935. The lowest BCUT2D eigenvalue weighted by Gasteiger charge is -2.34. The topological polar surface area (TPSA) is 67.8 Å². The predicted octanol–water partition coefficient (Wildman–Crippen LogP) is 2.86. The number of rotatable bonds is 4. The number of benzene rings is 2. The molecule has 1 heterocycles. The van der Waals surface area contributed by atoms with Crippen molar-refractivity contribution < 1.29 is 19.4 Å². The van der Waals surface area contributed by atoms with Gasteiger partial charge in [-0.05, 0) is 40.2 Å². The minimum absolute atomic E-state index is 0.107. The average molecular weight is 392 g/mol. The van der Waals surface area contributed by atoms with Gasteiger partial charge in [0.05, 0.1) is 25.8 Å². The molecule has 0 unspecified atom stereocenters. The van der Waals surface area contributed by atoms with Crippen molar-refractivity contribution in [3.8, 4) is 11.5 Å². The summed E-state index contributed by atoms with van der Waals surface area (Å²) >= 11 is 3.37. The van der Waals surface area contributed by atoms with Gasteiger partial charge in [-0.1, -0.05) is 18.2 Å². The van der Waals surface area contributed by atoms with Crippen molar-refractivity contribution in [3.63, 3.8) is 0 Å². The van der Waals surface area contributed by atoms with E-state index in [1.807, 2.05) is 24.3 Å². The molecule has 0 radical (unpaired) electrons. The van der Waals surface area contributed by atoms with E-state index in [0.717, 1.165) is 0 Å². The summed E-state index contributed by atoms with van der Waals surface area (Å²) in [5.74, 6) is 0.972. The Bertz CT molecular complexity index is 764. The van der Waals surface area contributed by atoms with Gasteiger partial charge in [0, 0.05) is 16.5 Å². The smallest absolute Gasteiger partial charge is 0.252 e. The van der Waals surface area contributed by atoms with Crippen LogP contribution in [-0.4, -0.2) is 31.3 Å². The number of hydrogen-bond acceptors (Lipinski definition) is 4. The highest BCUT2D eigenvalue weighted by Crippen LogP contribution is 2.36. The molecule has 2 N–H and O–H groups in total. The van der Waals surface area contributed by atoms with Crippen molar-refractivity contribution in [2.75, 3.05) is 20.3 Å². The van der Waals surface area contributed by atoms with E-state index in [0.29, 0.717) is 40.1 Å². The van der Waals surface area contributed by atoms with Gasteiger partial charge in [-0.15, -0.1) is 0 Å². The van der Waals surface area contributed by atoms with Crippen molar-refractivity contribution in [3.05, 3.63) is 58.1 Å². The summed E-state index contributed by atoms with van der Waals surface area (Å²) in [6.45, 7) is 0.516. The Morgan fingerprint density at radius 2 is 2.17 bits per heavy atom. The molecule has 1 aliphatic rings. The summed E-state index contributed by atoms with van der Waals surface area (Å²) in [4.78, 5) is 12.5. The summed E-state index contributed by atoms with van der Waals surface area (Å²) in [6, 6.07) is 12.5. The van der Waals surface area contributed by atoms with E-state index in [4.69, 9.17) is 9.47 Å². The number of ether oxygens (including phenoxy) is 2. The number of hydrogen-bond donors (Lipinski definition) is 2. The van der Waals surface area contributed by atoms with Gasteiger partial charge < -0.3 is 19.9 Å². The van der Waals surface area contributed by atoms with Crippen LogP contribution in [0.4, 0.5) is 0 Å². The number of amides is 1. The van der Waals surface area contributed by atoms with Gasteiger partial charge >= 0.3 is 0 Å². The lowest BCUT2D eigenvalue weighted by molar-refractivity contribution is -0.00161. The van der Waals surface area contributed by atoms with Gasteiger partial charge in [-0.25, -0.2) is 0 Å². The molecule has 0 spiro atoms. The molecule has 0 aliphatic carbocycles. The zero-order chi connectivity index (χ0) is 17.2. The van der Waals surface area contributed by atoms with Crippen LogP contribution in [0, 0.1) is 0 Å². The summed E-state index contributed by atoms with van der Waals surface area (Å²) in [5, 5.41) is 13.8. The summed E-state index contributed by atoms with van der Waals surface area (Å²) in [7, 11) is 1.55. The second kappa shape index (κ2) is 6.83. The molecule has 2 aromatic carbocycles. The molecule has 126 valence electrons. The summed E-state index contributed by atoms with van der Waals surface area (Å²) in [6.07, 6.45) is 0.420. The van der Waals surface area contributed by atoms with Gasteiger partial charge in [0.1, 0.15) is 17.1 Å². The molecule has 0 fully saturated rings. The van der Waals surface area contributed by atoms with Gasteiger partial charge in [0.2, 0.25) is 0 Å². The predicted molar refractivity (Wildman–Crippen MR) is 93.5 cm³/mol. The Hall–Kier alpha value is -2.05. The minimum atomic E-state index is -1.14. The van der Waals surface area contributed by atoms with Crippen molar-refractivity contribution in [1.82, 2.24) is 5.32 Å². The molecule has 1 atom stereocenters. The van der Waals surface area contributed by atoms with E-state index in [1.165, 1.54) is 0 Å². The molecule has 6 heteroatoms. The zero-order valence-electron chi connectivity index (χ0n) is 13.2. The number of methoxy groups -OCH3 is 1. The number of carbonyl (C=O) groups is 1. The van der Waals surface area contributed by atoms with Crippen LogP contribution < -0.4 is 14.8 Å². The van der Waals surface area contributed by atoms with E-state index in [9.17, 15) is 9.90 Å². The minimum Gasteiger partial charge on any atom is -0.497 e. The SMILES string of the molecule is COc1ccc(Br)c(C(=O)NC[C@]2(O)CCOc3ccccc32)c1. The fraction of sp³-hybridized carbons (Fsp3) is 0.278. The quantitative estimate of drug-likeness (QED) is 0.840. The zero-order valence-corrected chi connectivity index (χ0v) is 14.8. The number of para-hydroxylation sites is 1. The van der Waals surface area contributed by atoms with Gasteiger partial charge in [-0.3, -0.25) is 4.79 Å². The number of fused-ring (bicyclic) bond motifs is 1. The second-order valence-corrected chi connectivity index (χ2v) is 6.51. The fourth-order valence-electron chi connectivity index (χ4n) is 2.75. The third-order valence-corrected chi connectivity index (χ3v) is 4.81. The molecular formula is C18H18BrNO4. The Labute approximate surface area is 148 Å². The van der Waals surface area contributed by atoms with Gasteiger partial charge in [0.15, 0.2) is 0 Å². The van der Waals surface area contributed by atoms with Crippen LogP contribution in [-0.2, 0) is 5.60 Å². The maximum atomic E-state index is 12.5. The third kappa shape index (κ3) is 3.25. The molecule has 3 rings (SSSR count). The molecule has 0 saturated heterocycles. The monoisotopic (exact) mass is 391 g/mol. The summed E-state index contributed by atoms with van der Waals surface area (Å²) < 4.78 is 11.4. The number of carbonyl (C=O) groups excluding carboxylic acids is 1. The molecule has 5 nitrogen and oxygen atoms in total. The van der Waals surface area contributed by atoms with Crippen LogP contribution in [0.3, 0.4) is 0 Å². The Kier molecular flexibility index (Phi) is 4.78. The first-order valence-corrected chi connectivity index (χ1v) is 8.39. The standard InChI is InChI=1S/C18H18BrNO4/c1-23-12-6-7-15(19)13(10-12)17(21)20-11-18(22)8-9-24-16-5-3-2-4-14(16)18/h2-7,10,22H,8-9,11H2,1H3,(H,20,21)/t18-/m1/s1. The van der Waals surface area contributed by atoms with Crippen molar-refractivity contribution >= 4 is 21.8 Å². The fourth-order valence-corrected chi connectivity index (χ4v) is 3.18. The van der Waals surface area contributed by atoms with Crippen LogP contribution in [0.15, 0.2) is 46.9 Å². The number of halogens is 1. The highest BCUT2D eigenvalue weighted by atomic mass is 79.9. The van der Waals surface area contributed by atoms with E-state index in [1.54, 1.807) is 25.3 Å². The molecule has 0 bridgehead atoms. The average Bonchev–Trinajstić information content (AvgIpc) is 2.61. The van der Waals surface area contributed by atoms with E-state index in [-0.39, 0.29) is 12.5 Å². The number of aliphatic hydroxyl groups is 1. The Morgan fingerprint density at radius 1 is 1.38 bits per heavy atom. The Morgan fingerprint density at radius 3 is 2.96 bits per heavy atom. The maximum Gasteiger partial charge on any atom is 0.252 e. The molecule has 1 amide bonds. The molecule has 2 aromatic rings. The largest absolute Gasteiger partial charge is 0.497 e. The van der Waals surface area contributed by atoms with E-state index >= 15 is 0 Å². The van der Waals surface area contributed by atoms with Crippen molar-refractivity contribution in [2.45, 2.75) is 12.0 Å². The van der Waals surface area contributed by atoms with E-state index < -0.39 is 5.60 Å². The van der Waals surface area contributed by atoms with Crippen LogP contribution in [0.25, 0.3) is 0 Å². The van der Waals surface area contributed by atoms with Gasteiger partial charge in [0.25, 0.3) is 5.91 Å². The van der Waals surface area contributed by atoms with Crippen LogP contribution >= 0.6 is 15.9 Å². The normalized spacial score (nSPS) is 19.1. The van der Waals surface area contributed by atoms with Crippen LogP contribution in [0.5, 0.6) is 11.5 Å². The molecule has 24 heavy (non-hydrogen) atoms. The highest BCUT2D eigenvalue weighted by molar-refractivity contribution is 9.10. The molecule has 0 aromatic heterocycles. The van der Waals surface area contributed by atoms with Crippen LogP contribution in [0.1, 0.15) is 22.3 Å². The first-order chi connectivity index (χ1) is 11.5. The molecular weight excluding hydrogens is 374 g/mol.